The molecule has 106 valence electrons. The fourth-order valence-corrected chi connectivity index (χ4v) is 2.75. The number of hydrogen-bond acceptors (Lipinski definition) is 1. The van der Waals surface area contributed by atoms with Gasteiger partial charge < -0.3 is 4.98 Å². The summed E-state index contributed by atoms with van der Waals surface area (Å²) >= 11 is 12.0. The van der Waals surface area contributed by atoms with Crippen molar-refractivity contribution in [2.24, 2.45) is 0 Å². The summed E-state index contributed by atoms with van der Waals surface area (Å²) in [5, 5.41) is 1.24. The van der Waals surface area contributed by atoms with Crippen molar-refractivity contribution >= 4 is 39.9 Å². The Bertz CT molecular complexity index is 873. The molecule has 6 heteroatoms. The summed E-state index contributed by atoms with van der Waals surface area (Å²) in [4.78, 5) is 15.3. The highest BCUT2D eigenvalue weighted by molar-refractivity contribution is 6.40. The molecular weight excluding hydrogens is 319 g/mol. The highest BCUT2D eigenvalue weighted by atomic mass is 35.5. The molecule has 0 radical (unpaired) electrons. The molecule has 21 heavy (non-hydrogen) atoms. The molecule has 0 aliphatic rings. The highest BCUT2D eigenvalue weighted by Gasteiger charge is 2.18. The number of hydrogen-bond donors (Lipinski definition) is 1. The van der Waals surface area contributed by atoms with Crippen LogP contribution in [0.25, 0.3) is 10.9 Å². The van der Waals surface area contributed by atoms with Crippen LogP contribution in [-0.4, -0.2) is 10.8 Å². The number of ketones is 1. The lowest BCUT2D eigenvalue weighted by molar-refractivity contribution is 0.104. The highest BCUT2D eigenvalue weighted by Crippen LogP contribution is 2.31. The molecular formula is C15H7Cl2F2NO. The smallest absolute Gasteiger partial charge is 0.195 e. The first-order valence-electron chi connectivity index (χ1n) is 5.93. The summed E-state index contributed by atoms with van der Waals surface area (Å²) in [6, 6.07) is 6.14. The third kappa shape index (κ3) is 2.41. The number of fused-ring (bicyclic) bond motifs is 1. The van der Waals surface area contributed by atoms with Crippen LogP contribution in [0.3, 0.4) is 0 Å². The minimum Gasteiger partial charge on any atom is -0.360 e. The monoisotopic (exact) mass is 325 g/mol. The Hall–Kier alpha value is -1.91. The summed E-state index contributed by atoms with van der Waals surface area (Å²) in [6.45, 7) is 0. The fraction of sp³-hybridized carbons (Fsp3) is 0. The zero-order valence-electron chi connectivity index (χ0n) is 10.4. The van der Waals surface area contributed by atoms with Crippen LogP contribution in [0.5, 0.6) is 0 Å². The second-order valence-corrected chi connectivity index (χ2v) is 5.31. The van der Waals surface area contributed by atoms with Crippen LogP contribution in [0.1, 0.15) is 15.9 Å². The quantitative estimate of drug-likeness (QED) is 0.662. The lowest BCUT2D eigenvalue weighted by Gasteiger charge is -2.02. The van der Waals surface area contributed by atoms with Gasteiger partial charge in [-0.05, 0) is 30.3 Å². The number of H-pyrrole nitrogens is 1. The standard InChI is InChI=1S/C15H7Cl2F2NO/c16-8-4-10(17)14-9(6-20-13(14)5-8)15(21)7-1-2-11(18)12(19)3-7/h1-6,20H. The SMILES string of the molecule is O=C(c1ccc(F)c(F)c1)c1c[nH]c2cc(Cl)cc(Cl)c12. The number of halogens is 4. The van der Waals surface area contributed by atoms with E-state index in [0.717, 1.165) is 12.1 Å². The zero-order valence-corrected chi connectivity index (χ0v) is 11.9. The van der Waals surface area contributed by atoms with Gasteiger partial charge in [0.25, 0.3) is 0 Å². The van der Waals surface area contributed by atoms with Crippen LogP contribution in [-0.2, 0) is 0 Å². The minimum atomic E-state index is -1.07. The predicted molar refractivity (Wildman–Crippen MR) is 78.1 cm³/mol. The van der Waals surface area contributed by atoms with Crippen LogP contribution in [0, 0.1) is 11.6 Å². The van der Waals surface area contributed by atoms with Crippen molar-refractivity contribution in [3.63, 3.8) is 0 Å². The third-order valence-electron chi connectivity index (χ3n) is 3.12. The summed E-state index contributed by atoms with van der Waals surface area (Å²) in [7, 11) is 0. The number of nitrogens with one attached hydrogen (secondary N) is 1. The molecule has 1 heterocycles. The number of carbonyl (C=O) groups is 1. The number of benzene rings is 2. The summed E-state index contributed by atoms with van der Waals surface area (Å²) in [5.74, 6) is -2.53. The van der Waals surface area contributed by atoms with Gasteiger partial charge in [0, 0.05) is 33.2 Å². The van der Waals surface area contributed by atoms with Gasteiger partial charge in [-0.25, -0.2) is 8.78 Å². The molecule has 1 aromatic heterocycles. The van der Waals surface area contributed by atoms with Gasteiger partial charge in [0.1, 0.15) is 0 Å². The largest absolute Gasteiger partial charge is 0.360 e. The molecule has 3 aromatic rings. The average Bonchev–Trinajstić information content (AvgIpc) is 2.85. The van der Waals surface area contributed by atoms with Gasteiger partial charge in [-0.2, -0.15) is 0 Å². The predicted octanol–water partition coefficient (Wildman–Crippen LogP) is 4.98. The van der Waals surface area contributed by atoms with Gasteiger partial charge in [-0.3, -0.25) is 4.79 Å². The van der Waals surface area contributed by atoms with E-state index in [9.17, 15) is 13.6 Å². The van der Waals surface area contributed by atoms with Crippen LogP contribution in [0.15, 0.2) is 36.5 Å². The molecule has 0 saturated carbocycles. The first kappa shape index (κ1) is 14.0. The summed E-state index contributed by atoms with van der Waals surface area (Å²) < 4.78 is 26.2. The van der Waals surface area contributed by atoms with Gasteiger partial charge in [0.05, 0.1) is 5.02 Å². The van der Waals surface area contributed by atoms with Crippen molar-refractivity contribution in [1.29, 1.82) is 0 Å². The number of carbonyl (C=O) groups excluding carboxylic acids is 1. The molecule has 0 saturated heterocycles. The second-order valence-electron chi connectivity index (χ2n) is 4.47. The molecule has 0 amide bonds. The van der Waals surface area contributed by atoms with E-state index in [-0.39, 0.29) is 11.1 Å². The molecule has 0 fully saturated rings. The van der Waals surface area contributed by atoms with Crippen molar-refractivity contribution in [3.05, 3.63) is 69.3 Å². The summed E-state index contributed by atoms with van der Waals surface area (Å²) in [6.07, 6.45) is 1.47. The van der Waals surface area contributed by atoms with E-state index in [1.807, 2.05) is 0 Å². The Morgan fingerprint density at radius 1 is 1.05 bits per heavy atom. The topological polar surface area (TPSA) is 32.9 Å². The average molecular weight is 326 g/mol. The van der Waals surface area contributed by atoms with Gasteiger partial charge in [0.15, 0.2) is 17.4 Å². The van der Waals surface area contributed by atoms with Crippen molar-refractivity contribution in [2.75, 3.05) is 0 Å². The molecule has 3 rings (SSSR count). The van der Waals surface area contributed by atoms with E-state index in [4.69, 9.17) is 23.2 Å². The first-order chi connectivity index (χ1) is 9.97. The molecule has 0 atom stereocenters. The lowest BCUT2D eigenvalue weighted by Crippen LogP contribution is -2.02. The van der Waals surface area contributed by atoms with Crippen molar-refractivity contribution < 1.29 is 13.6 Å². The van der Waals surface area contributed by atoms with Crippen LogP contribution < -0.4 is 0 Å². The minimum absolute atomic E-state index is 0.0424. The van der Waals surface area contributed by atoms with E-state index in [1.165, 1.54) is 18.3 Å². The molecule has 2 nitrogen and oxygen atoms in total. The molecule has 0 bridgehead atoms. The van der Waals surface area contributed by atoms with Crippen molar-refractivity contribution in [3.8, 4) is 0 Å². The van der Waals surface area contributed by atoms with E-state index >= 15 is 0 Å². The van der Waals surface area contributed by atoms with Crippen LogP contribution in [0.2, 0.25) is 10.0 Å². The molecule has 0 spiro atoms. The van der Waals surface area contributed by atoms with E-state index in [1.54, 1.807) is 6.07 Å². The Morgan fingerprint density at radius 2 is 1.81 bits per heavy atom. The molecule has 1 N–H and O–H groups in total. The van der Waals surface area contributed by atoms with Gasteiger partial charge in [0.2, 0.25) is 0 Å². The van der Waals surface area contributed by atoms with Crippen molar-refractivity contribution in [1.82, 2.24) is 4.98 Å². The number of rotatable bonds is 2. The van der Waals surface area contributed by atoms with Crippen LogP contribution in [0.4, 0.5) is 8.78 Å². The van der Waals surface area contributed by atoms with Crippen molar-refractivity contribution in [2.45, 2.75) is 0 Å². The maximum absolute atomic E-state index is 13.2. The Balaban J connectivity index is 2.16. The van der Waals surface area contributed by atoms with E-state index < -0.39 is 17.4 Å². The van der Waals surface area contributed by atoms with Gasteiger partial charge >= 0.3 is 0 Å². The van der Waals surface area contributed by atoms with E-state index in [0.29, 0.717) is 20.9 Å². The Kier molecular flexibility index (Phi) is 3.43. The first-order valence-corrected chi connectivity index (χ1v) is 6.69. The maximum atomic E-state index is 13.2. The normalized spacial score (nSPS) is 11.0. The molecule has 0 aliphatic heterocycles. The zero-order chi connectivity index (χ0) is 15.1. The van der Waals surface area contributed by atoms with Gasteiger partial charge in [-0.15, -0.1) is 0 Å². The Labute approximate surface area is 128 Å². The van der Waals surface area contributed by atoms with Gasteiger partial charge in [-0.1, -0.05) is 23.2 Å². The summed E-state index contributed by atoms with van der Waals surface area (Å²) in [5.41, 5.74) is 0.914. The lowest BCUT2D eigenvalue weighted by atomic mass is 10.0. The molecule has 0 aliphatic carbocycles. The second kappa shape index (κ2) is 5.13. The fourth-order valence-electron chi connectivity index (χ4n) is 2.16. The Morgan fingerprint density at radius 3 is 2.52 bits per heavy atom. The molecule has 2 aromatic carbocycles. The van der Waals surface area contributed by atoms with E-state index in [2.05, 4.69) is 4.98 Å². The third-order valence-corrected chi connectivity index (χ3v) is 3.64. The van der Waals surface area contributed by atoms with Crippen LogP contribution >= 0.6 is 23.2 Å². The number of aromatic amines is 1. The maximum Gasteiger partial charge on any atom is 0.195 e. The number of aromatic nitrogens is 1. The molecule has 0 unspecified atom stereocenters.